The minimum atomic E-state index is -1.01. The molecule has 1 aliphatic heterocycles. The number of aromatic nitrogens is 2. The predicted molar refractivity (Wildman–Crippen MR) is 88.3 cm³/mol. The molecule has 0 saturated heterocycles. The topological polar surface area (TPSA) is 97.8 Å². The number of nitrogens with zero attached hydrogens (tertiary/aromatic N) is 4. The molecule has 126 valence electrons. The Kier molecular flexibility index (Phi) is 3.73. The molecule has 0 amide bonds. The maximum Gasteiger partial charge on any atom is 0.309 e. The fraction of sp³-hybridized carbons (Fsp3) is 0.125. The van der Waals surface area contributed by atoms with Gasteiger partial charge in [-0.25, -0.2) is 4.98 Å². The third kappa shape index (κ3) is 2.99. The molecular formula is C16H11ClN4O4. The first-order chi connectivity index (χ1) is 12.1. The van der Waals surface area contributed by atoms with Crippen molar-refractivity contribution in [3.8, 4) is 11.5 Å². The second-order valence-electron chi connectivity index (χ2n) is 5.27. The van der Waals surface area contributed by atoms with Gasteiger partial charge >= 0.3 is 5.97 Å². The van der Waals surface area contributed by atoms with E-state index in [9.17, 15) is 4.79 Å². The number of benzene rings is 1. The van der Waals surface area contributed by atoms with Crippen molar-refractivity contribution in [2.45, 2.75) is 6.42 Å². The SMILES string of the molecule is O=C(O)Cc1nc2ccc(Cl)cn2c1N=Nc1ccc2c(c1)OCO2. The number of carboxylic acids is 1. The van der Waals surface area contributed by atoms with E-state index in [0.717, 1.165) is 0 Å². The molecule has 1 aromatic carbocycles. The Hall–Kier alpha value is -3.13. The van der Waals surface area contributed by atoms with Crippen molar-refractivity contribution in [1.82, 2.24) is 9.38 Å². The van der Waals surface area contributed by atoms with Crippen LogP contribution in [0.15, 0.2) is 46.8 Å². The highest BCUT2D eigenvalue weighted by molar-refractivity contribution is 6.30. The number of rotatable bonds is 4. The number of imidazole rings is 1. The van der Waals surface area contributed by atoms with Crippen LogP contribution in [0.2, 0.25) is 5.02 Å². The number of azo groups is 1. The third-order valence-corrected chi connectivity index (χ3v) is 3.79. The van der Waals surface area contributed by atoms with E-state index < -0.39 is 5.97 Å². The molecule has 4 rings (SSSR count). The maximum atomic E-state index is 11.1. The molecule has 2 aromatic heterocycles. The highest BCUT2D eigenvalue weighted by Gasteiger charge is 2.16. The van der Waals surface area contributed by atoms with Gasteiger partial charge in [0.2, 0.25) is 6.79 Å². The van der Waals surface area contributed by atoms with Crippen LogP contribution in [0.3, 0.4) is 0 Å². The van der Waals surface area contributed by atoms with Gasteiger partial charge in [0.05, 0.1) is 22.8 Å². The third-order valence-electron chi connectivity index (χ3n) is 3.56. The average molecular weight is 359 g/mol. The molecule has 0 unspecified atom stereocenters. The molecule has 0 bridgehead atoms. The Bertz CT molecular complexity index is 1010. The molecule has 0 saturated carbocycles. The molecule has 8 nitrogen and oxygen atoms in total. The van der Waals surface area contributed by atoms with Crippen molar-refractivity contribution in [2.24, 2.45) is 10.2 Å². The summed E-state index contributed by atoms with van der Waals surface area (Å²) >= 11 is 6.02. The minimum absolute atomic E-state index is 0.171. The lowest BCUT2D eigenvalue weighted by Gasteiger charge is -1.99. The summed E-state index contributed by atoms with van der Waals surface area (Å²) in [6, 6.07) is 8.52. The Balaban J connectivity index is 1.76. The van der Waals surface area contributed by atoms with Gasteiger partial charge in [-0.2, -0.15) is 0 Å². The van der Waals surface area contributed by atoms with Crippen LogP contribution in [0.1, 0.15) is 5.69 Å². The largest absolute Gasteiger partial charge is 0.481 e. The van der Waals surface area contributed by atoms with Gasteiger partial charge < -0.3 is 14.6 Å². The summed E-state index contributed by atoms with van der Waals surface area (Å²) < 4.78 is 12.2. The number of hydrogen-bond donors (Lipinski definition) is 1. The number of carbonyl (C=O) groups is 1. The Morgan fingerprint density at radius 3 is 2.92 bits per heavy atom. The fourth-order valence-electron chi connectivity index (χ4n) is 2.48. The van der Waals surface area contributed by atoms with Gasteiger partial charge in [-0.05, 0) is 24.3 Å². The van der Waals surface area contributed by atoms with E-state index in [1.807, 2.05) is 0 Å². The van der Waals surface area contributed by atoms with Crippen molar-refractivity contribution in [3.63, 3.8) is 0 Å². The van der Waals surface area contributed by atoms with Crippen LogP contribution in [-0.4, -0.2) is 27.3 Å². The van der Waals surface area contributed by atoms with Gasteiger partial charge in [0.1, 0.15) is 5.65 Å². The molecule has 0 fully saturated rings. The zero-order valence-electron chi connectivity index (χ0n) is 12.7. The van der Waals surface area contributed by atoms with E-state index in [-0.39, 0.29) is 13.2 Å². The zero-order valence-corrected chi connectivity index (χ0v) is 13.5. The summed E-state index contributed by atoms with van der Waals surface area (Å²) in [5, 5.41) is 17.9. The van der Waals surface area contributed by atoms with Crippen LogP contribution in [0.5, 0.6) is 11.5 Å². The fourth-order valence-corrected chi connectivity index (χ4v) is 2.64. The Morgan fingerprint density at radius 1 is 1.24 bits per heavy atom. The van der Waals surface area contributed by atoms with Crippen molar-refractivity contribution < 1.29 is 19.4 Å². The van der Waals surface area contributed by atoms with Gasteiger partial charge in [-0.15, -0.1) is 10.2 Å². The summed E-state index contributed by atoms with van der Waals surface area (Å²) in [5.41, 5.74) is 1.39. The highest BCUT2D eigenvalue weighted by atomic mass is 35.5. The molecule has 0 aliphatic carbocycles. The standard InChI is InChI=1S/C16H11ClN4O4/c17-9-1-4-14-18-11(6-15(22)23)16(21(14)7-9)20-19-10-2-3-12-13(5-10)25-8-24-12/h1-5,7H,6,8H2,(H,22,23). The molecule has 25 heavy (non-hydrogen) atoms. The minimum Gasteiger partial charge on any atom is -0.481 e. The van der Waals surface area contributed by atoms with Gasteiger partial charge in [-0.1, -0.05) is 11.6 Å². The molecule has 1 aliphatic rings. The maximum absolute atomic E-state index is 11.1. The average Bonchev–Trinajstić information content (AvgIpc) is 3.16. The molecule has 1 N–H and O–H groups in total. The van der Waals surface area contributed by atoms with E-state index in [2.05, 4.69) is 15.2 Å². The lowest BCUT2D eigenvalue weighted by atomic mass is 10.3. The van der Waals surface area contributed by atoms with E-state index >= 15 is 0 Å². The first-order valence-electron chi connectivity index (χ1n) is 7.30. The number of halogens is 1. The summed E-state index contributed by atoms with van der Waals surface area (Å²) in [7, 11) is 0. The predicted octanol–water partition coefficient (Wildman–Crippen LogP) is 3.76. The number of ether oxygens (including phenoxy) is 2. The van der Waals surface area contributed by atoms with Crippen LogP contribution in [-0.2, 0) is 11.2 Å². The van der Waals surface area contributed by atoms with Crippen molar-refractivity contribution in [2.75, 3.05) is 6.79 Å². The number of carboxylic acid groups (broad SMARTS) is 1. The summed E-state index contributed by atoms with van der Waals surface area (Å²) in [6.45, 7) is 0.171. The molecule has 0 spiro atoms. The van der Waals surface area contributed by atoms with Crippen LogP contribution in [0.4, 0.5) is 11.5 Å². The first-order valence-corrected chi connectivity index (χ1v) is 7.67. The van der Waals surface area contributed by atoms with E-state index in [1.165, 1.54) is 0 Å². The number of pyridine rings is 1. The molecule has 3 aromatic rings. The zero-order chi connectivity index (χ0) is 17.4. The van der Waals surface area contributed by atoms with E-state index in [1.54, 1.807) is 40.9 Å². The van der Waals surface area contributed by atoms with Crippen LogP contribution in [0, 0.1) is 0 Å². The number of fused-ring (bicyclic) bond motifs is 2. The van der Waals surface area contributed by atoms with Gasteiger partial charge in [-0.3, -0.25) is 9.20 Å². The van der Waals surface area contributed by atoms with Crippen molar-refractivity contribution >= 4 is 34.7 Å². The van der Waals surface area contributed by atoms with Crippen molar-refractivity contribution in [3.05, 3.63) is 47.2 Å². The Labute approximate surface area is 146 Å². The normalized spacial score (nSPS) is 13.0. The van der Waals surface area contributed by atoms with Gasteiger partial charge in [0.25, 0.3) is 0 Å². The van der Waals surface area contributed by atoms with Crippen LogP contribution >= 0.6 is 11.6 Å². The van der Waals surface area contributed by atoms with Gasteiger partial charge in [0.15, 0.2) is 17.3 Å². The highest BCUT2D eigenvalue weighted by Crippen LogP contribution is 2.36. The van der Waals surface area contributed by atoms with E-state index in [0.29, 0.717) is 39.4 Å². The summed E-state index contributed by atoms with van der Waals surface area (Å²) in [5.74, 6) is 0.544. The summed E-state index contributed by atoms with van der Waals surface area (Å²) in [6.07, 6.45) is 1.35. The molecule has 9 heteroatoms. The van der Waals surface area contributed by atoms with Crippen molar-refractivity contribution in [1.29, 1.82) is 0 Å². The second kappa shape index (κ2) is 6.06. The van der Waals surface area contributed by atoms with Crippen LogP contribution in [0.25, 0.3) is 5.65 Å². The quantitative estimate of drug-likeness (QED) is 0.716. The molecule has 0 radical (unpaired) electrons. The smallest absolute Gasteiger partial charge is 0.309 e. The molecule has 3 heterocycles. The molecular weight excluding hydrogens is 348 g/mol. The lowest BCUT2D eigenvalue weighted by Crippen LogP contribution is -2.00. The molecule has 0 atom stereocenters. The lowest BCUT2D eigenvalue weighted by molar-refractivity contribution is -0.136. The first kappa shape index (κ1) is 15.4. The second-order valence-corrected chi connectivity index (χ2v) is 5.70. The monoisotopic (exact) mass is 358 g/mol. The Morgan fingerprint density at radius 2 is 2.08 bits per heavy atom. The van der Waals surface area contributed by atoms with E-state index in [4.69, 9.17) is 26.2 Å². The van der Waals surface area contributed by atoms with Gasteiger partial charge in [0, 0.05) is 12.3 Å². The number of hydrogen-bond acceptors (Lipinski definition) is 6. The van der Waals surface area contributed by atoms with Crippen LogP contribution < -0.4 is 9.47 Å². The number of aliphatic carboxylic acids is 1. The summed E-state index contributed by atoms with van der Waals surface area (Å²) in [4.78, 5) is 15.4.